The maximum atomic E-state index is 13.1. The molecule has 0 radical (unpaired) electrons. The molecular weight excluding hydrogens is 401 g/mol. The van der Waals surface area contributed by atoms with Crippen LogP contribution in [0.15, 0.2) is 83.0 Å². The molecule has 2 heterocycles. The molecule has 0 bridgehead atoms. The average Bonchev–Trinajstić information content (AvgIpc) is 2.78. The Morgan fingerprint density at radius 3 is 2.67 bits per heavy atom. The van der Waals surface area contributed by atoms with Crippen LogP contribution >= 0.6 is 11.8 Å². The summed E-state index contributed by atoms with van der Waals surface area (Å²) in [5.74, 6) is 1.09. The molecule has 4 rings (SSSR count). The molecule has 2 aromatic carbocycles. The normalized spacial score (nSPS) is 11.0. The zero-order valence-electron chi connectivity index (χ0n) is 16.2. The Labute approximate surface area is 177 Å². The fourth-order valence-corrected chi connectivity index (χ4v) is 3.93. The van der Waals surface area contributed by atoms with Crippen molar-refractivity contribution in [3.63, 3.8) is 0 Å². The molecule has 0 saturated carbocycles. The van der Waals surface area contributed by atoms with E-state index in [-0.39, 0.29) is 11.4 Å². The molecule has 0 saturated heterocycles. The lowest BCUT2D eigenvalue weighted by atomic mass is 10.2. The van der Waals surface area contributed by atoms with Crippen LogP contribution in [0.3, 0.4) is 0 Å². The monoisotopic (exact) mass is 421 g/mol. The van der Waals surface area contributed by atoms with Crippen LogP contribution in [0.2, 0.25) is 0 Å². The number of thioether (sulfide) groups is 1. The van der Waals surface area contributed by atoms with Crippen molar-refractivity contribution >= 4 is 22.7 Å². The summed E-state index contributed by atoms with van der Waals surface area (Å²) in [4.78, 5) is 22.0. The second kappa shape index (κ2) is 9.54. The van der Waals surface area contributed by atoms with Crippen molar-refractivity contribution in [3.8, 4) is 5.75 Å². The molecule has 2 aromatic heterocycles. The van der Waals surface area contributed by atoms with Crippen LogP contribution < -0.4 is 10.3 Å². The van der Waals surface area contributed by atoms with Gasteiger partial charge in [0.2, 0.25) is 0 Å². The molecule has 0 spiro atoms. The Kier molecular flexibility index (Phi) is 6.39. The van der Waals surface area contributed by atoms with Crippen LogP contribution in [0.5, 0.6) is 5.75 Å². The summed E-state index contributed by atoms with van der Waals surface area (Å²) >= 11 is 1.52. The lowest BCUT2D eigenvalue weighted by Gasteiger charge is -2.13. The van der Waals surface area contributed by atoms with Gasteiger partial charge in [-0.1, -0.05) is 30.0 Å². The minimum absolute atomic E-state index is 0.0606. The predicted molar refractivity (Wildman–Crippen MR) is 117 cm³/mol. The molecule has 0 atom stereocenters. The van der Waals surface area contributed by atoms with E-state index in [9.17, 15) is 9.18 Å². The Morgan fingerprint density at radius 2 is 1.87 bits per heavy atom. The van der Waals surface area contributed by atoms with Crippen molar-refractivity contribution in [3.05, 3.63) is 94.8 Å². The van der Waals surface area contributed by atoms with E-state index in [0.717, 1.165) is 17.7 Å². The first-order valence-electron chi connectivity index (χ1n) is 9.60. The quantitative estimate of drug-likeness (QED) is 0.238. The van der Waals surface area contributed by atoms with E-state index in [1.807, 2.05) is 30.3 Å². The molecular formula is C23H20FN3O2S. The molecule has 0 amide bonds. The molecule has 152 valence electrons. The molecule has 0 unspecified atom stereocenters. The minimum Gasteiger partial charge on any atom is -0.494 e. The summed E-state index contributed by atoms with van der Waals surface area (Å²) in [5, 5.41) is 1.27. The number of pyridine rings is 1. The van der Waals surface area contributed by atoms with E-state index in [2.05, 4.69) is 4.98 Å². The topological polar surface area (TPSA) is 57.0 Å². The van der Waals surface area contributed by atoms with Gasteiger partial charge in [-0.2, -0.15) is 0 Å². The highest BCUT2D eigenvalue weighted by molar-refractivity contribution is 7.99. The van der Waals surface area contributed by atoms with Crippen molar-refractivity contribution < 1.29 is 9.13 Å². The Bertz CT molecular complexity index is 1180. The first-order valence-corrected chi connectivity index (χ1v) is 10.6. The number of halogens is 1. The summed E-state index contributed by atoms with van der Waals surface area (Å²) in [6.45, 7) is 0.915. The van der Waals surface area contributed by atoms with Crippen LogP contribution in [-0.2, 0) is 6.54 Å². The highest BCUT2D eigenvalue weighted by Crippen LogP contribution is 2.20. The highest BCUT2D eigenvalue weighted by atomic mass is 32.2. The molecule has 0 aliphatic carbocycles. The van der Waals surface area contributed by atoms with Gasteiger partial charge in [0.05, 0.1) is 24.1 Å². The Hall–Kier alpha value is -3.19. The minimum atomic E-state index is -0.285. The second-order valence-corrected chi connectivity index (χ2v) is 7.73. The van der Waals surface area contributed by atoms with Gasteiger partial charge in [0.25, 0.3) is 5.56 Å². The zero-order chi connectivity index (χ0) is 20.8. The van der Waals surface area contributed by atoms with Crippen molar-refractivity contribution in [1.82, 2.24) is 14.5 Å². The highest BCUT2D eigenvalue weighted by Gasteiger charge is 2.12. The van der Waals surface area contributed by atoms with E-state index in [0.29, 0.717) is 35.0 Å². The van der Waals surface area contributed by atoms with Crippen molar-refractivity contribution in [2.75, 3.05) is 12.4 Å². The van der Waals surface area contributed by atoms with E-state index < -0.39 is 0 Å². The van der Waals surface area contributed by atoms with E-state index in [1.54, 1.807) is 35.2 Å². The number of hydrogen-bond donors (Lipinski definition) is 0. The van der Waals surface area contributed by atoms with Crippen LogP contribution in [0, 0.1) is 5.82 Å². The van der Waals surface area contributed by atoms with Gasteiger partial charge in [-0.3, -0.25) is 14.3 Å². The molecule has 4 aromatic rings. The third kappa shape index (κ3) is 4.86. The third-order valence-electron chi connectivity index (χ3n) is 4.49. The SMILES string of the molecule is O=c1c2ccccc2nc(SCCCOc2ccc(F)cc2)n1Cc1cccnc1. The van der Waals surface area contributed by atoms with Crippen LogP contribution in [0.4, 0.5) is 4.39 Å². The van der Waals surface area contributed by atoms with Gasteiger partial charge in [-0.05, 0) is 54.4 Å². The number of hydrogen-bond acceptors (Lipinski definition) is 5. The van der Waals surface area contributed by atoms with E-state index in [4.69, 9.17) is 9.72 Å². The molecule has 0 aliphatic heterocycles. The van der Waals surface area contributed by atoms with E-state index >= 15 is 0 Å². The molecule has 5 nitrogen and oxygen atoms in total. The summed E-state index contributed by atoms with van der Waals surface area (Å²) in [5.41, 5.74) is 1.57. The van der Waals surface area contributed by atoms with Gasteiger partial charge >= 0.3 is 0 Å². The maximum absolute atomic E-state index is 13.1. The lowest BCUT2D eigenvalue weighted by molar-refractivity contribution is 0.318. The number of rotatable bonds is 8. The first kappa shape index (κ1) is 20.1. The van der Waals surface area contributed by atoms with Gasteiger partial charge in [0.1, 0.15) is 11.6 Å². The van der Waals surface area contributed by atoms with Crippen molar-refractivity contribution in [2.45, 2.75) is 18.1 Å². The van der Waals surface area contributed by atoms with Crippen LogP contribution in [-0.4, -0.2) is 26.9 Å². The lowest BCUT2D eigenvalue weighted by Crippen LogP contribution is -2.24. The van der Waals surface area contributed by atoms with Gasteiger partial charge in [-0.15, -0.1) is 0 Å². The molecule has 30 heavy (non-hydrogen) atoms. The Morgan fingerprint density at radius 1 is 1.03 bits per heavy atom. The number of benzene rings is 2. The zero-order valence-corrected chi connectivity index (χ0v) is 17.0. The number of fused-ring (bicyclic) bond motifs is 1. The van der Waals surface area contributed by atoms with Crippen molar-refractivity contribution in [1.29, 1.82) is 0 Å². The fraction of sp³-hybridized carbons (Fsp3) is 0.174. The number of ether oxygens (including phenoxy) is 1. The van der Waals surface area contributed by atoms with Crippen LogP contribution in [0.25, 0.3) is 10.9 Å². The number of para-hydroxylation sites is 1. The molecule has 0 N–H and O–H groups in total. The number of aromatic nitrogens is 3. The fourth-order valence-electron chi connectivity index (χ4n) is 3.01. The van der Waals surface area contributed by atoms with Gasteiger partial charge in [-0.25, -0.2) is 9.37 Å². The third-order valence-corrected chi connectivity index (χ3v) is 5.55. The number of nitrogens with zero attached hydrogens (tertiary/aromatic N) is 3. The van der Waals surface area contributed by atoms with Gasteiger partial charge in [0, 0.05) is 18.1 Å². The van der Waals surface area contributed by atoms with Gasteiger partial charge < -0.3 is 4.74 Å². The summed E-state index contributed by atoms with van der Waals surface area (Å²) < 4.78 is 20.3. The van der Waals surface area contributed by atoms with E-state index in [1.165, 1.54) is 23.9 Å². The van der Waals surface area contributed by atoms with Crippen LogP contribution in [0.1, 0.15) is 12.0 Å². The second-order valence-electron chi connectivity index (χ2n) is 6.67. The maximum Gasteiger partial charge on any atom is 0.262 e. The predicted octanol–water partition coefficient (Wildman–Crippen LogP) is 4.54. The molecule has 0 fully saturated rings. The summed E-state index contributed by atoms with van der Waals surface area (Å²) in [6, 6.07) is 17.2. The first-order chi connectivity index (χ1) is 14.7. The van der Waals surface area contributed by atoms with Crippen molar-refractivity contribution in [2.24, 2.45) is 0 Å². The Balaban J connectivity index is 1.48. The largest absolute Gasteiger partial charge is 0.494 e. The summed E-state index contributed by atoms with van der Waals surface area (Å²) in [7, 11) is 0. The standard InChI is InChI=1S/C23H20FN3O2S/c24-18-8-10-19(11-9-18)29-13-4-14-30-23-26-21-7-2-1-6-20(21)22(28)27(23)16-17-5-3-12-25-15-17/h1-3,5-12,15H,4,13-14,16H2. The average molecular weight is 421 g/mol. The smallest absolute Gasteiger partial charge is 0.262 e. The molecule has 7 heteroatoms. The molecule has 0 aliphatic rings. The van der Waals surface area contributed by atoms with Gasteiger partial charge in [0.15, 0.2) is 5.16 Å². The summed E-state index contributed by atoms with van der Waals surface area (Å²) in [6.07, 6.45) is 4.23.